The molecule has 0 unspecified atom stereocenters. The minimum absolute atomic E-state index is 0.000892. The highest BCUT2D eigenvalue weighted by molar-refractivity contribution is 6.08. The highest BCUT2D eigenvalue weighted by Crippen LogP contribution is 2.42. The third-order valence-corrected chi connectivity index (χ3v) is 7.84. The number of nitrogens with one attached hydrogen (secondary N) is 2. The predicted octanol–water partition coefficient (Wildman–Crippen LogP) is 5.09. The lowest BCUT2D eigenvalue weighted by Gasteiger charge is -2.29. The minimum Gasteiger partial charge on any atom is -0.493 e. The first kappa shape index (κ1) is 32.8. The van der Waals surface area contributed by atoms with Gasteiger partial charge in [0.25, 0.3) is 5.91 Å². The van der Waals surface area contributed by atoms with E-state index in [2.05, 4.69) is 31.0 Å². The van der Waals surface area contributed by atoms with E-state index >= 15 is 0 Å². The first-order chi connectivity index (χ1) is 21.0. The molecular weight excluding hydrogens is 560 g/mol. The quantitative estimate of drug-likeness (QED) is 0.239. The molecule has 0 saturated carbocycles. The number of carbonyl (C=O) groups is 3. The normalized spacial score (nSPS) is 14.5. The molecule has 0 atom stereocenters. The van der Waals surface area contributed by atoms with Gasteiger partial charge in [-0.2, -0.15) is 0 Å². The van der Waals surface area contributed by atoms with E-state index in [9.17, 15) is 14.4 Å². The summed E-state index contributed by atoms with van der Waals surface area (Å²) in [5, 5.41) is 11.8. The zero-order chi connectivity index (χ0) is 32.0. The number of ether oxygens (including phenoxy) is 3. The number of fused-ring (bicyclic) bond motifs is 1. The Morgan fingerprint density at radius 1 is 0.977 bits per heavy atom. The lowest BCUT2D eigenvalue weighted by molar-refractivity contribution is -0.145. The second-order valence-corrected chi connectivity index (χ2v) is 12.2. The zero-order valence-electron chi connectivity index (χ0n) is 26.9. The van der Waals surface area contributed by atoms with E-state index < -0.39 is 5.97 Å². The van der Waals surface area contributed by atoms with Crippen molar-refractivity contribution in [3.8, 4) is 11.5 Å². The molecule has 1 fully saturated rings. The number of ketones is 1. The number of hydrogen-bond acceptors (Lipinski definition) is 8. The monoisotopic (exact) mass is 606 g/mol. The van der Waals surface area contributed by atoms with Crippen molar-refractivity contribution in [1.29, 1.82) is 5.41 Å². The van der Waals surface area contributed by atoms with Gasteiger partial charge in [-0.05, 0) is 68.4 Å². The molecule has 0 spiro atoms. The SMILES string of the molecule is CCCNC(=O)c1cc2c(cc1OCC)CN(CC(=O)c1cc(N3CCCC3)c(OCC(=O)OCC)c(C(C)(C)C)c1)C2=N. The Balaban J connectivity index is 1.64. The van der Waals surface area contributed by atoms with Gasteiger partial charge in [-0.1, -0.05) is 27.7 Å². The van der Waals surface area contributed by atoms with Crippen LogP contribution in [0.3, 0.4) is 0 Å². The molecule has 1 saturated heterocycles. The molecular formula is C34H46N4O6. The number of carbonyl (C=O) groups excluding carboxylic acids is 3. The van der Waals surface area contributed by atoms with Gasteiger partial charge in [0, 0.05) is 42.9 Å². The van der Waals surface area contributed by atoms with Crippen LogP contribution < -0.4 is 19.7 Å². The van der Waals surface area contributed by atoms with E-state index in [0.29, 0.717) is 47.9 Å². The van der Waals surface area contributed by atoms with E-state index in [4.69, 9.17) is 19.6 Å². The molecule has 2 N–H and O–H groups in total. The summed E-state index contributed by atoms with van der Waals surface area (Å²) in [6.07, 6.45) is 2.87. The van der Waals surface area contributed by atoms with Gasteiger partial charge in [0.1, 0.15) is 17.3 Å². The number of Topliss-reactive ketones (excluding diaryl/α,β-unsaturated/α-hetero) is 1. The molecule has 0 aromatic heterocycles. The Morgan fingerprint density at radius 3 is 2.34 bits per heavy atom. The average molecular weight is 607 g/mol. The molecule has 2 aliphatic heterocycles. The second kappa shape index (κ2) is 14.1. The summed E-state index contributed by atoms with van der Waals surface area (Å²) in [6.45, 7) is 14.8. The molecule has 2 aromatic rings. The van der Waals surface area contributed by atoms with E-state index in [1.165, 1.54) is 0 Å². The van der Waals surface area contributed by atoms with Crippen molar-refractivity contribution in [2.45, 2.75) is 72.8 Å². The largest absolute Gasteiger partial charge is 0.493 e. The maximum Gasteiger partial charge on any atom is 0.344 e. The van der Waals surface area contributed by atoms with Crippen LogP contribution in [0.15, 0.2) is 24.3 Å². The number of anilines is 1. The average Bonchev–Trinajstić information content (AvgIpc) is 3.62. The molecule has 0 bridgehead atoms. The van der Waals surface area contributed by atoms with Crippen LogP contribution in [0.1, 0.15) is 98.2 Å². The Labute approximate surface area is 260 Å². The number of benzene rings is 2. The zero-order valence-corrected chi connectivity index (χ0v) is 26.9. The molecule has 2 aliphatic rings. The topological polar surface area (TPSA) is 121 Å². The Hall–Kier alpha value is -4.08. The number of esters is 1. The summed E-state index contributed by atoms with van der Waals surface area (Å²) in [5.41, 5.74) is 3.63. The fourth-order valence-corrected chi connectivity index (χ4v) is 5.62. The molecule has 238 valence electrons. The smallest absolute Gasteiger partial charge is 0.344 e. The summed E-state index contributed by atoms with van der Waals surface area (Å²) in [4.78, 5) is 42.9. The maximum absolute atomic E-state index is 13.9. The van der Waals surface area contributed by atoms with Gasteiger partial charge in [-0.15, -0.1) is 0 Å². The first-order valence-electron chi connectivity index (χ1n) is 15.6. The molecule has 44 heavy (non-hydrogen) atoms. The molecule has 10 heteroatoms. The van der Waals surface area contributed by atoms with Crippen molar-refractivity contribution < 1.29 is 28.6 Å². The van der Waals surface area contributed by atoms with Crippen molar-refractivity contribution >= 4 is 29.2 Å². The maximum atomic E-state index is 13.9. The predicted molar refractivity (Wildman–Crippen MR) is 171 cm³/mol. The Morgan fingerprint density at radius 2 is 1.70 bits per heavy atom. The van der Waals surface area contributed by atoms with Crippen LogP contribution in [0.5, 0.6) is 11.5 Å². The third-order valence-electron chi connectivity index (χ3n) is 7.84. The van der Waals surface area contributed by atoms with Crippen LogP contribution >= 0.6 is 0 Å². The fourth-order valence-electron chi connectivity index (χ4n) is 5.62. The van der Waals surface area contributed by atoms with Crippen molar-refractivity contribution in [3.63, 3.8) is 0 Å². The molecule has 0 aliphatic carbocycles. The summed E-state index contributed by atoms with van der Waals surface area (Å²) >= 11 is 0. The lowest BCUT2D eigenvalue weighted by Crippen LogP contribution is -2.31. The fraction of sp³-hybridized carbons (Fsp3) is 0.529. The first-order valence-corrected chi connectivity index (χ1v) is 15.6. The van der Waals surface area contributed by atoms with Crippen LogP contribution in [0, 0.1) is 5.41 Å². The molecule has 1 amide bonds. The second-order valence-electron chi connectivity index (χ2n) is 12.2. The van der Waals surface area contributed by atoms with Gasteiger partial charge in [0.05, 0.1) is 31.0 Å². The summed E-state index contributed by atoms with van der Waals surface area (Å²) in [7, 11) is 0. The van der Waals surface area contributed by atoms with Crippen LogP contribution in [-0.4, -0.2) is 74.4 Å². The molecule has 4 rings (SSSR count). The Kier molecular flexibility index (Phi) is 10.5. The van der Waals surface area contributed by atoms with Gasteiger partial charge in [-0.25, -0.2) is 4.79 Å². The van der Waals surface area contributed by atoms with E-state index in [0.717, 1.165) is 49.2 Å². The van der Waals surface area contributed by atoms with Crippen molar-refractivity contribution in [1.82, 2.24) is 10.2 Å². The van der Waals surface area contributed by atoms with Crippen molar-refractivity contribution in [3.05, 3.63) is 52.1 Å². The molecule has 2 heterocycles. The van der Waals surface area contributed by atoms with Gasteiger partial charge in [0.15, 0.2) is 12.4 Å². The van der Waals surface area contributed by atoms with E-state index in [-0.39, 0.29) is 42.7 Å². The summed E-state index contributed by atoms with van der Waals surface area (Å²) < 4.78 is 17.0. The van der Waals surface area contributed by atoms with Crippen LogP contribution in [0.4, 0.5) is 5.69 Å². The van der Waals surface area contributed by atoms with Gasteiger partial charge < -0.3 is 29.3 Å². The van der Waals surface area contributed by atoms with Crippen molar-refractivity contribution in [2.75, 3.05) is 50.9 Å². The number of amidine groups is 1. The number of amides is 1. The van der Waals surface area contributed by atoms with E-state index in [1.807, 2.05) is 32.0 Å². The molecule has 0 radical (unpaired) electrons. The van der Waals surface area contributed by atoms with Gasteiger partial charge in [-0.3, -0.25) is 15.0 Å². The van der Waals surface area contributed by atoms with Gasteiger partial charge in [0.2, 0.25) is 0 Å². The summed E-state index contributed by atoms with van der Waals surface area (Å²) in [6, 6.07) is 7.24. The van der Waals surface area contributed by atoms with Crippen LogP contribution in [-0.2, 0) is 21.5 Å². The van der Waals surface area contributed by atoms with Crippen LogP contribution in [0.25, 0.3) is 0 Å². The summed E-state index contributed by atoms with van der Waals surface area (Å²) in [5.74, 6) is 0.467. The van der Waals surface area contributed by atoms with Crippen LogP contribution in [0.2, 0.25) is 0 Å². The highest BCUT2D eigenvalue weighted by Gasteiger charge is 2.32. The van der Waals surface area contributed by atoms with Gasteiger partial charge >= 0.3 is 5.97 Å². The minimum atomic E-state index is -0.439. The molecule has 2 aromatic carbocycles. The highest BCUT2D eigenvalue weighted by atomic mass is 16.6. The number of rotatable bonds is 13. The third kappa shape index (κ3) is 7.34. The lowest BCUT2D eigenvalue weighted by atomic mass is 9.84. The Bertz CT molecular complexity index is 1410. The van der Waals surface area contributed by atoms with E-state index in [1.54, 1.807) is 17.9 Å². The standard InChI is InChI=1S/C34H46N4O6/c1-7-12-36-33(41)25-18-24-23(17-29(25)42-8-2)19-38(32(24)35)20-28(39)22-15-26(34(4,5)6)31(44-21-30(40)43-9-3)27(16-22)37-13-10-11-14-37/h15-18,35H,7-14,19-21H2,1-6H3,(H,36,41). The number of hydrogen-bond donors (Lipinski definition) is 2. The number of nitrogens with zero attached hydrogens (tertiary/aromatic N) is 2. The molecule has 10 nitrogen and oxygen atoms in total. The van der Waals surface area contributed by atoms with Crippen molar-refractivity contribution in [2.24, 2.45) is 0 Å².